The molecule has 0 aromatic rings. The fourth-order valence-corrected chi connectivity index (χ4v) is 3.71. The maximum atomic E-state index is 5.07. The first-order valence-corrected chi connectivity index (χ1v) is 9.91. The lowest BCUT2D eigenvalue weighted by Gasteiger charge is -2.37. The highest BCUT2D eigenvalue weighted by atomic mass is 15.3. The standard InChI is InChI=1S/C21H30N6/c1-14(2)22-17-6-7-18-19(12-17)27-13-15(3)16(4)23-21(27)20(24-18)26-10-8-25(5)9-11-26/h6-7,12-14,16,23H,8-11H2,1-5H3. The van der Waals surface area contributed by atoms with Gasteiger partial charge >= 0.3 is 0 Å². The second kappa shape index (κ2) is 7.00. The SMILES string of the molecule is CC1=Cn2c3cc(=NC(C)C)ccc-3nc(N3CCN(C)CC3)c2NC1C. The number of likely N-dealkylation sites (N-methyl/N-ethyl adjacent to an activating group) is 1. The first-order valence-electron chi connectivity index (χ1n) is 9.91. The molecule has 4 rings (SSSR count). The molecule has 0 saturated carbocycles. The predicted molar refractivity (Wildman–Crippen MR) is 112 cm³/mol. The number of fused-ring (bicyclic) bond motifs is 3. The van der Waals surface area contributed by atoms with E-state index in [1.807, 2.05) is 0 Å². The Bertz CT molecular complexity index is 901. The molecule has 3 heterocycles. The van der Waals surface area contributed by atoms with Gasteiger partial charge in [-0.3, -0.25) is 9.56 Å². The third-order valence-electron chi connectivity index (χ3n) is 5.48. The predicted octanol–water partition coefficient (Wildman–Crippen LogP) is 2.72. The molecule has 1 fully saturated rings. The van der Waals surface area contributed by atoms with Gasteiger partial charge in [0, 0.05) is 44.5 Å². The molecular formula is C21H30N6. The minimum Gasteiger partial charge on any atom is -0.362 e. The number of nitrogens with zero attached hydrogens (tertiary/aromatic N) is 5. The van der Waals surface area contributed by atoms with Crippen LogP contribution >= 0.6 is 0 Å². The molecule has 1 aliphatic carbocycles. The van der Waals surface area contributed by atoms with E-state index < -0.39 is 0 Å². The number of hydrogen-bond acceptors (Lipinski definition) is 5. The summed E-state index contributed by atoms with van der Waals surface area (Å²) in [4.78, 5) is 14.6. The summed E-state index contributed by atoms with van der Waals surface area (Å²) in [5.74, 6) is 2.14. The zero-order valence-electron chi connectivity index (χ0n) is 17.0. The molecule has 0 spiro atoms. The van der Waals surface area contributed by atoms with Gasteiger partial charge in [-0.25, -0.2) is 4.98 Å². The number of hydrogen-bond donors (Lipinski definition) is 1. The van der Waals surface area contributed by atoms with E-state index in [1.165, 1.54) is 5.57 Å². The highest BCUT2D eigenvalue weighted by Gasteiger charge is 2.26. The van der Waals surface area contributed by atoms with Crippen molar-refractivity contribution in [3.63, 3.8) is 0 Å². The maximum Gasteiger partial charge on any atom is 0.171 e. The van der Waals surface area contributed by atoms with Crippen LogP contribution in [0.3, 0.4) is 0 Å². The largest absolute Gasteiger partial charge is 0.362 e. The van der Waals surface area contributed by atoms with Gasteiger partial charge in [-0.05, 0) is 58.5 Å². The molecule has 0 radical (unpaired) electrons. The number of rotatable bonds is 2. The average molecular weight is 367 g/mol. The summed E-state index contributed by atoms with van der Waals surface area (Å²) < 4.78 is 2.27. The summed E-state index contributed by atoms with van der Waals surface area (Å²) >= 11 is 0. The van der Waals surface area contributed by atoms with Crippen LogP contribution in [0.5, 0.6) is 0 Å². The van der Waals surface area contributed by atoms with Crippen molar-refractivity contribution in [1.82, 2.24) is 14.5 Å². The van der Waals surface area contributed by atoms with Gasteiger partial charge in [0.25, 0.3) is 0 Å². The number of nitrogens with one attached hydrogen (secondary N) is 1. The Morgan fingerprint density at radius 1 is 1.19 bits per heavy atom. The Kier molecular flexibility index (Phi) is 4.68. The molecule has 1 saturated heterocycles. The molecule has 6 heteroatoms. The van der Waals surface area contributed by atoms with Crippen molar-refractivity contribution in [2.24, 2.45) is 4.99 Å². The lowest BCUT2D eigenvalue weighted by atomic mass is 10.1. The van der Waals surface area contributed by atoms with E-state index in [-0.39, 0.29) is 6.04 Å². The van der Waals surface area contributed by atoms with Gasteiger partial charge in [0.1, 0.15) is 0 Å². The molecule has 6 nitrogen and oxygen atoms in total. The molecule has 1 unspecified atom stereocenters. The minimum atomic E-state index is 0.274. The molecule has 1 atom stereocenters. The first-order chi connectivity index (χ1) is 12.9. The van der Waals surface area contributed by atoms with Gasteiger partial charge in [-0.2, -0.15) is 0 Å². The van der Waals surface area contributed by atoms with E-state index in [4.69, 9.17) is 9.98 Å². The second-order valence-corrected chi connectivity index (χ2v) is 8.08. The third kappa shape index (κ3) is 3.46. The Hall–Kier alpha value is -2.34. The van der Waals surface area contributed by atoms with Gasteiger partial charge in [0.15, 0.2) is 11.6 Å². The van der Waals surface area contributed by atoms with Gasteiger partial charge < -0.3 is 15.1 Å². The second-order valence-electron chi connectivity index (χ2n) is 8.08. The van der Waals surface area contributed by atoms with E-state index in [2.05, 4.69) is 78.8 Å². The van der Waals surface area contributed by atoms with Gasteiger partial charge in [0.2, 0.25) is 0 Å². The van der Waals surface area contributed by atoms with Crippen molar-refractivity contribution in [3.05, 3.63) is 29.1 Å². The molecule has 1 N–H and O–H groups in total. The van der Waals surface area contributed by atoms with Crippen LogP contribution in [0.4, 0.5) is 11.6 Å². The van der Waals surface area contributed by atoms with Crippen LogP contribution in [-0.2, 0) is 0 Å². The Morgan fingerprint density at radius 3 is 2.63 bits per heavy atom. The normalized spacial score (nSPS) is 21.4. The Labute approximate surface area is 161 Å². The van der Waals surface area contributed by atoms with Crippen molar-refractivity contribution >= 4 is 17.8 Å². The van der Waals surface area contributed by atoms with E-state index in [0.29, 0.717) is 6.04 Å². The van der Waals surface area contributed by atoms with E-state index in [9.17, 15) is 0 Å². The number of piperazine rings is 1. The molecule has 4 aliphatic rings. The molecule has 3 aliphatic heterocycles. The van der Waals surface area contributed by atoms with Crippen molar-refractivity contribution < 1.29 is 0 Å². The summed E-state index contributed by atoms with van der Waals surface area (Å²) in [7, 11) is 2.18. The summed E-state index contributed by atoms with van der Waals surface area (Å²) in [5.41, 5.74) is 3.43. The maximum absolute atomic E-state index is 5.07. The van der Waals surface area contributed by atoms with Crippen LogP contribution in [-0.4, -0.2) is 59.8 Å². The quantitative estimate of drug-likeness (QED) is 0.888. The molecular weight excluding hydrogens is 336 g/mol. The van der Waals surface area contributed by atoms with Crippen LogP contribution in [0.2, 0.25) is 0 Å². The van der Waals surface area contributed by atoms with E-state index >= 15 is 0 Å². The van der Waals surface area contributed by atoms with Gasteiger partial charge in [0.05, 0.1) is 16.7 Å². The van der Waals surface area contributed by atoms with Crippen LogP contribution in [0.15, 0.2) is 28.8 Å². The van der Waals surface area contributed by atoms with Crippen molar-refractivity contribution in [2.75, 3.05) is 43.4 Å². The van der Waals surface area contributed by atoms with Crippen LogP contribution in [0.25, 0.3) is 17.6 Å². The van der Waals surface area contributed by atoms with Crippen molar-refractivity contribution in [1.29, 1.82) is 0 Å². The Morgan fingerprint density at radius 2 is 1.93 bits per heavy atom. The number of benzene rings is 1. The highest BCUT2D eigenvalue weighted by Crippen LogP contribution is 2.35. The molecule has 0 aromatic heterocycles. The van der Waals surface area contributed by atoms with Gasteiger partial charge in [-0.1, -0.05) is 0 Å². The van der Waals surface area contributed by atoms with E-state index in [0.717, 1.165) is 54.6 Å². The zero-order chi connectivity index (χ0) is 19.1. The average Bonchev–Trinajstić information content (AvgIpc) is 2.63. The summed E-state index contributed by atoms with van der Waals surface area (Å²) in [6.07, 6.45) is 2.25. The number of aromatic nitrogens is 2. The fraction of sp³-hybridized carbons (Fsp3) is 0.524. The van der Waals surface area contributed by atoms with E-state index in [1.54, 1.807) is 0 Å². The smallest absolute Gasteiger partial charge is 0.171 e. The molecule has 27 heavy (non-hydrogen) atoms. The lowest BCUT2D eigenvalue weighted by molar-refractivity contribution is 0.312. The minimum absolute atomic E-state index is 0.274. The van der Waals surface area contributed by atoms with Crippen LogP contribution in [0, 0.1) is 0 Å². The summed E-state index contributed by atoms with van der Waals surface area (Å²) in [5, 5.41) is 4.69. The van der Waals surface area contributed by atoms with Crippen molar-refractivity contribution in [2.45, 2.75) is 39.8 Å². The fourth-order valence-electron chi connectivity index (χ4n) is 3.71. The first kappa shape index (κ1) is 18.0. The van der Waals surface area contributed by atoms with Crippen LogP contribution in [0.1, 0.15) is 27.7 Å². The summed E-state index contributed by atoms with van der Waals surface area (Å²) in [6.45, 7) is 12.7. The summed E-state index contributed by atoms with van der Waals surface area (Å²) in [6, 6.07) is 6.91. The topological polar surface area (TPSA) is 48.7 Å². The van der Waals surface area contributed by atoms with Crippen LogP contribution < -0.4 is 15.6 Å². The molecule has 144 valence electrons. The highest BCUT2D eigenvalue weighted by molar-refractivity contribution is 5.77. The Balaban J connectivity index is 1.91. The third-order valence-corrected chi connectivity index (χ3v) is 5.48. The molecule has 0 aromatic carbocycles. The molecule has 0 bridgehead atoms. The van der Waals surface area contributed by atoms with Gasteiger partial charge in [-0.15, -0.1) is 0 Å². The molecule has 0 amide bonds. The monoisotopic (exact) mass is 366 g/mol. The zero-order valence-corrected chi connectivity index (χ0v) is 17.0. The lowest BCUT2D eigenvalue weighted by Crippen LogP contribution is -2.45. The van der Waals surface area contributed by atoms with Crippen molar-refractivity contribution in [3.8, 4) is 11.4 Å². The number of anilines is 2.